The lowest BCUT2D eigenvalue weighted by Gasteiger charge is -2.08. The lowest BCUT2D eigenvalue weighted by atomic mass is 10.1. The normalized spacial score (nSPS) is 10.9. The van der Waals surface area contributed by atoms with E-state index in [4.69, 9.17) is 4.74 Å². The highest BCUT2D eigenvalue weighted by Gasteiger charge is 2.10. The number of ether oxygens (including phenoxy) is 1. The number of urea groups is 1. The monoisotopic (exact) mass is 472 g/mol. The summed E-state index contributed by atoms with van der Waals surface area (Å²) in [6, 6.07) is 5.90. The van der Waals surface area contributed by atoms with Crippen molar-refractivity contribution in [2.45, 2.75) is 12.8 Å². The molecule has 32 heavy (non-hydrogen) atoms. The molecule has 0 fully saturated rings. The van der Waals surface area contributed by atoms with Gasteiger partial charge in [-0.25, -0.2) is 24.1 Å². The predicted molar refractivity (Wildman–Crippen MR) is 126 cm³/mol. The Morgan fingerprint density at radius 3 is 2.94 bits per heavy atom. The standard InChI is InChI=1S/C21H21FN6O2S2/c1-30-6-3-13-8-14(22)10-15(9-13)27-20(29)28-21-24-11-16(32-21)2-5-23-19-18-17(4-7-31-18)25-12-26-19/h4,7-12H,2-3,5-6H2,1H3,(H,23,25,26)(H2,24,27,28,29). The molecule has 4 aromatic rings. The van der Waals surface area contributed by atoms with Gasteiger partial charge in [-0.15, -0.1) is 22.7 Å². The molecule has 0 saturated heterocycles. The number of thiophene rings is 1. The minimum absolute atomic E-state index is 0.374. The Labute approximate surface area is 191 Å². The SMILES string of the molecule is COCCc1cc(F)cc(NC(=O)Nc2ncc(CCNc3ncnc4ccsc34)s2)c1. The first kappa shape index (κ1) is 22.1. The fourth-order valence-corrected chi connectivity index (χ4v) is 4.66. The number of halogens is 1. The van der Waals surface area contributed by atoms with E-state index in [1.807, 2.05) is 11.4 Å². The van der Waals surface area contributed by atoms with Crippen molar-refractivity contribution in [1.29, 1.82) is 0 Å². The molecule has 0 aliphatic rings. The summed E-state index contributed by atoms with van der Waals surface area (Å²) in [5, 5.41) is 11.1. The van der Waals surface area contributed by atoms with Crippen molar-refractivity contribution >= 4 is 55.6 Å². The van der Waals surface area contributed by atoms with Crippen molar-refractivity contribution in [3.05, 3.63) is 58.4 Å². The van der Waals surface area contributed by atoms with E-state index < -0.39 is 11.8 Å². The first-order chi connectivity index (χ1) is 15.6. The van der Waals surface area contributed by atoms with Crippen LogP contribution < -0.4 is 16.0 Å². The molecule has 3 N–H and O–H groups in total. The minimum Gasteiger partial charge on any atom is -0.384 e. The van der Waals surface area contributed by atoms with Gasteiger partial charge in [-0.1, -0.05) is 0 Å². The third-order valence-corrected chi connectivity index (χ3v) is 6.37. The average molecular weight is 473 g/mol. The number of carbonyl (C=O) groups is 1. The van der Waals surface area contributed by atoms with E-state index in [0.29, 0.717) is 30.4 Å². The molecule has 0 spiro atoms. The van der Waals surface area contributed by atoms with Crippen LogP contribution in [0.2, 0.25) is 0 Å². The van der Waals surface area contributed by atoms with Gasteiger partial charge in [-0.2, -0.15) is 0 Å². The largest absolute Gasteiger partial charge is 0.384 e. The lowest BCUT2D eigenvalue weighted by Crippen LogP contribution is -2.19. The van der Waals surface area contributed by atoms with Crippen molar-refractivity contribution in [1.82, 2.24) is 15.0 Å². The van der Waals surface area contributed by atoms with Crippen molar-refractivity contribution < 1.29 is 13.9 Å². The average Bonchev–Trinajstić information content (AvgIpc) is 3.41. The number of fused-ring (bicyclic) bond motifs is 1. The summed E-state index contributed by atoms with van der Waals surface area (Å²) in [7, 11) is 1.59. The maximum atomic E-state index is 13.8. The number of hydrogen-bond donors (Lipinski definition) is 3. The molecular weight excluding hydrogens is 451 g/mol. The van der Waals surface area contributed by atoms with E-state index in [1.54, 1.807) is 37.0 Å². The van der Waals surface area contributed by atoms with Crippen LogP contribution >= 0.6 is 22.7 Å². The Morgan fingerprint density at radius 1 is 1.16 bits per heavy atom. The van der Waals surface area contributed by atoms with Gasteiger partial charge in [0.05, 0.1) is 16.8 Å². The van der Waals surface area contributed by atoms with E-state index in [2.05, 4.69) is 30.9 Å². The number of hydrogen-bond acceptors (Lipinski definition) is 8. The maximum absolute atomic E-state index is 13.8. The second-order valence-corrected chi connectivity index (χ2v) is 8.87. The van der Waals surface area contributed by atoms with Crippen LogP contribution in [0, 0.1) is 5.82 Å². The quantitative estimate of drug-likeness (QED) is 0.324. The Morgan fingerprint density at radius 2 is 2.06 bits per heavy atom. The Hall–Kier alpha value is -3.15. The molecule has 11 heteroatoms. The van der Waals surface area contributed by atoms with E-state index in [-0.39, 0.29) is 0 Å². The number of benzene rings is 1. The Kier molecular flexibility index (Phi) is 7.20. The van der Waals surface area contributed by atoms with Gasteiger partial charge in [0.15, 0.2) is 5.13 Å². The van der Waals surface area contributed by atoms with Gasteiger partial charge in [0.1, 0.15) is 18.0 Å². The third-order valence-electron chi connectivity index (χ3n) is 4.49. The van der Waals surface area contributed by atoms with Gasteiger partial charge in [0, 0.05) is 36.8 Å². The molecule has 0 aliphatic carbocycles. The zero-order chi connectivity index (χ0) is 22.3. The molecule has 0 aliphatic heterocycles. The number of anilines is 3. The fourth-order valence-electron chi connectivity index (χ4n) is 3.05. The fraction of sp³-hybridized carbons (Fsp3) is 0.238. The number of nitrogens with one attached hydrogen (secondary N) is 3. The number of amides is 2. The highest BCUT2D eigenvalue weighted by atomic mass is 32.1. The van der Waals surface area contributed by atoms with Crippen LogP contribution in [0.4, 0.5) is 25.8 Å². The summed E-state index contributed by atoms with van der Waals surface area (Å²) < 4.78 is 19.9. The van der Waals surface area contributed by atoms with Gasteiger partial charge >= 0.3 is 6.03 Å². The van der Waals surface area contributed by atoms with Crippen molar-refractivity contribution in [3.8, 4) is 0 Å². The number of nitrogens with zero attached hydrogens (tertiary/aromatic N) is 3. The summed E-state index contributed by atoms with van der Waals surface area (Å²) in [6.45, 7) is 1.15. The molecule has 2 amide bonds. The first-order valence-corrected chi connectivity index (χ1v) is 11.5. The molecule has 3 aromatic heterocycles. The second-order valence-electron chi connectivity index (χ2n) is 6.84. The van der Waals surface area contributed by atoms with Crippen LogP contribution in [-0.2, 0) is 17.6 Å². The van der Waals surface area contributed by atoms with Gasteiger partial charge in [0.2, 0.25) is 0 Å². The van der Waals surface area contributed by atoms with Gasteiger partial charge in [-0.3, -0.25) is 5.32 Å². The summed E-state index contributed by atoms with van der Waals surface area (Å²) in [5.74, 6) is 0.397. The van der Waals surface area contributed by atoms with Gasteiger partial charge < -0.3 is 15.4 Å². The number of carbonyl (C=O) groups excluding carboxylic acids is 1. The van der Waals surface area contributed by atoms with Crippen LogP contribution in [0.15, 0.2) is 42.2 Å². The van der Waals surface area contributed by atoms with Crippen molar-refractivity contribution in [2.24, 2.45) is 0 Å². The number of aromatic nitrogens is 3. The smallest absolute Gasteiger partial charge is 0.325 e. The van der Waals surface area contributed by atoms with E-state index in [9.17, 15) is 9.18 Å². The lowest BCUT2D eigenvalue weighted by molar-refractivity contribution is 0.202. The molecular formula is C21H21FN6O2S2. The van der Waals surface area contributed by atoms with Crippen LogP contribution in [0.25, 0.3) is 10.2 Å². The zero-order valence-corrected chi connectivity index (χ0v) is 18.9. The summed E-state index contributed by atoms with van der Waals surface area (Å²) in [6.07, 6.45) is 4.56. The van der Waals surface area contributed by atoms with Crippen molar-refractivity contribution in [2.75, 3.05) is 36.2 Å². The highest BCUT2D eigenvalue weighted by Crippen LogP contribution is 2.25. The van der Waals surface area contributed by atoms with Gasteiger partial charge in [-0.05, 0) is 41.6 Å². The number of thiazole rings is 1. The summed E-state index contributed by atoms with van der Waals surface area (Å²) in [4.78, 5) is 26.1. The Balaban J connectivity index is 1.29. The van der Waals surface area contributed by atoms with Crippen LogP contribution in [0.1, 0.15) is 10.4 Å². The van der Waals surface area contributed by atoms with E-state index >= 15 is 0 Å². The zero-order valence-electron chi connectivity index (χ0n) is 17.2. The Bertz CT molecular complexity index is 1210. The summed E-state index contributed by atoms with van der Waals surface area (Å²) >= 11 is 2.98. The number of rotatable bonds is 9. The van der Waals surface area contributed by atoms with Gasteiger partial charge in [0.25, 0.3) is 0 Å². The maximum Gasteiger partial charge on any atom is 0.325 e. The topological polar surface area (TPSA) is 101 Å². The molecule has 0 bridgehead atoms. The number of methoxy groups -OCH3 is 1. The first-order valence-electron chi connectivity index (χ1n) is 9.84. The summed E-state index contributed by atoms with van der Waals surface area (Å²) in [5.41, 5.74) is 2.04. The van der Waals surface area contributed by atoms with Crippen LogP contribution in [0.5, 0.6) is 0 Å². The predicted octanol–water partition coefficient (Wildman–Crippen LogP) is 4.77. The molecule has 8 nitrogen and oxygen atoms in total. The molecule has 0 atom stereocenters. The molecule has 0 saturated carbocycles. The molecule has 1 aromatic carbocycles. The molecule has 0 unspecified atom stereocenters. The molecule has 3 heterocycles. The molecule has 0 radical (unpaired) electrons. The minimum atomic E-state index is -0.478. The van der Waals surface area contributed by atoms with E-state index in [0.717, 1.165) is 32.9 Å². The molecule has 4 rings (SSSR count). The molecule has 166 valence electrons. The van der Waals surface area contributed by atoms with Crippen LogP contribution in [0.3, 0.4) is 0 Å². The highest BCUT2D eigenvalue weighted by molar-refractivity contribution is 7.17. The van der Waals surface area contributed by atoms with E-state index in [1.165, 1.54) is 23.5 Å². The second kappa shape index (κ2) is 10.4. The third kappa shape index (κ3) is 5.75. The van der Waals surface area contributed by atoms with Crippen LogP contribution in [-0.4, -0.2) is 41.2 Å². The van der Waals surface area contributed by atoms with Crippen molar-refractivity contribution in [3.63, 3.8) is 0 Å².